The Hall–Kier alpha value is -1.89. The van der Waals surface area contributed by atoms with Crippen LogP contribution in [0, 0.1) is 6.92 Å². The molecule has 92 valence electrons. The Balaban J connectivity index is 2.07. The third kappa shape index (κ3) is 2.44. The lowest BCUT2D eigenvalue weighted by Gasteiger charge is -2.30. The van der Waals surface area contributed by atoms with E-state index in [1.54, 1.807) is 6.92 Å². The predicted molar refractivity (Wildman–Crippen MR) is 54.5 cm³/mol. The minimum atomic E-state index is -1.07. The summed E-state index contributed by atoms with van der Waals surface area (Å²) in [7, 11) is 0. The lowest BCUT2D eigenvalue weighted by Crippen LogP contribution is -2.48. The minimum Gasteiger partial charge on any atom is -0.479 e. The lowest BCUT2D eigenvalue weighted by atomic mass is 10.2. The number of aromatic nitrogens is 1. The maximum absolute atomic E-state index is 11.9. The summed E-state index contributed by atoms with van der Waals surface area (Å²) in [4.78, 5) is 24.1. The molecule has 17 heavy (non-hydrogen) atoms. The van der Waals surface area contributed by atoms with Crippen LogP contribution in [0.15, 0.2) is 10.6 Å². The van der Waals surface area contributed by atoms with Crippen molar-refractivity contribution in [3.05, 3.63) is 17.5 Å². The first-order chi connectivity index (χ1) is 8.08. The van der Waals surface area contributed by atoms with Crippen LogP contribution in [0.2, 0.25) is 0 Å². The second kappa shape index (κ2) is 4.54. The number of carboxylic acid groups (broad SMARTS) is 1. The van der Waals surface area contributed by atoms with Gasteiger partial charge in [0.25, 0.3) is 5.91 Å². The van der Waals surface area contributed by atoms with Crippen LogP contribution in [-0.4, -0.2) is 52.8 Å². The number of carbonyl (C=O) groups excluding carboxylic acids is 1. The number of carbonyl (C=O) groups is 2. The molecule has 0 saturated carbocycles. The highest BCUT2D eigenvalue weighted by atomic mass is 16.5. The number of hydrogen-bond donors (Lipinski definition) is 1. The van der Waals surface area contributed by atoms with E-state index in [2.05, 4.69) is 5.16 Å². The highest BCUT2D eigenvalue weighted by Gasteiger charge is 2.30. The summed E-state index contributed by atoms with van der Waals surface area (Å²) in [5, 5.41) is 12.4. The van der Waals surface area contributed by atoms with E-state index in [0.717, 1.165) is 0 Å². The molecule has 1 aromatic rings. The molecule has 1 N–H and O–H groups in total. The zero-order chi connectivity index (χ0) is 12.4. The first-order valence-electron chi connectivity index (χ1n) is 5.15. The molecule has 1 fully saturated rings. The summed E-state index contributed by atoms with van der Waals surface area (Å²) in [6.45, 7) is 2.28. The number of rotatable bonds is 2. The summed E-state index contributed by atoms with van der Waals surface area (Å²) in [6, 6.07) is 1.52. The third-order valence-corrected chi connectivity index (χ3v) is 2.48. The number of amides is 1. The molecule has 0 radical (unpaired) electrons. The maximum Gasteiger partial charge on any atom is 0.334 e. The molecule has 1 amide bonds. The predicted octanol–water partition coefficient (Wildman–Crippen LogP) is -0.0914. The van der Waals surface area contributed by atoms with Crippen molar-refractivity contribution in [2.24, 2.45) is 0 Å². The summed E-state index contributed by atoms with van der Waals surface area (Å²) in [6.07, 6.45) is -0.972. The standard InChI is InChI=1S/C10H12N2O5/c1-6-4-7(11-17-6)9(13)12-2-3-16-8(5-12)10(14)15/h4,8H,2-3,5H2,1H3,(H,14,15). The number of aryl methyl sites for hydroxylation is 1. The fourth-order valence-electron chi connectivity index (χ4n) is 1.61. The van der Waals surface area contributed by atoms with Gasteiger partial charge in [0.15, 0.2) is 11.8 Å². The fourth-order valence-corrected chi connectivity index (χ4v) is 1.61. The molecule has 1 aromatic heterocycles. The zero-order valence-electron chi connectivity index (χ0n) is 9.25. The van der Waals surface area contributed by atoms with Crippen molar-refractivity contribution in [3.63, 3.8) is 0 Å². The van der Waals surface area contributed by atoms with E-state index in [0.29, 0.717) is 12.3 Å². The Morgan fingerprint density at radius 2 is 2.35 bits per heavy atom. The van der Waals surface area contributed by atoms with Crippen LogP contribution in [0.25, 0.3) is 0 Å². The summed E-state index contributed by atoms with van der Waals surface area (Å²) >= 11 is 0. The summed E-state index contributed by atoms with van der Waals surface area (Å²) < 4.78 is 9.83. The topological polar surface area (TPSA) is 92.9 Å². The van der Waals surface area contributed by atoms with E-state index in [1.807, 2.05) is 0 Å². The molecule has 1 aliphatic heterocycles. The largest absolute Gasteiger partial charge is 0.479 e. The minimum absolute atomic E-state index is 0.0279. The van der Waals surface area contributed by atoms with E-state index >= 15 is 0 Å². The molecule has 1 aliphatic rings. The van der Waals surface area contributed by atoms with E-state index in [4.69, 9.17) is 14.4 Å². The van der Waals surface area contributed by atoms with Crippen molar-refractivity contribution in [1.29, 1.82) is 0 Å². The summed E-state index contributed by atoms with van der Waals surface area (Å²) in [5.74, 6) is -0.869. The first-order valence-corrected chi connectivity index (χ1v) is 5.15. The molecule has 7 nitrogen and oxygen atoms in total. The maximum atomic E-state index is 11.9. The first kappa shape index (κ1) is 11.6. The normalized spacial score (nSPS) is 20.3. The molecule has 0 bridgehead atoms. The zero-order valence-corrected chi connectivity index (χ0v) is 9.25. The second-order valence-corrected chi connectivity index (χ2v) is 3.77. The van der Waals surface area contributed by atoms with Crippen molar-refractivity contribution in [2.45, 2.75) is 13.0 Å². The van der Waals surface area contributed by atoms with E-state index < -0.39 is 12.1 Å². The Morgan fingerprint density at radius 3 is 2.94 bits per heavy atom. The number of hydrogen-bond acceptors (Lipinski definition) is 5. The van der Waals surface area contributed by atoms with E-state index in [1.165, 1.54) is 11.0 Å². The van der Waals surface area contributed by atoms with Crippen molar-refractivity contribution in [1.82, 2.24) is 10.1 Å². The van der Waals surface area contributed by atoms with Gasteiger partial charge in [-0.1, -0.05) is 5.16 Å². The second-order valence-electron chi connectivity index (χ2n) is 3.77. The molecule has 1 unspecified atom stereocenters. The van der Waals surface area contributed by atoms with Gasteiger partial charge in [-0.25, -0.2) is 4.79 Å². The number of ether oxygens (including phenoxy) is 1. The van der Waals surface area contributed by atoms with Gasteiger partial charge in [0.05, 0.1) is 13.2 Å². The molecule has 0 aliphatic carbocycles. The number of aliphatic carboxylic acids is 1. The van der Waals surface area contributed by atoms with Crippen LogP contribution in [0.5, 0.6) is 0 Å². The molecule has 1 atom stereocenters. The SMILES string of the molecule is Cc1cc(C(=O)N2CCOC(C(=O)O)C2)no1. The molecule has 7 heteroatoms. The van der Waals surface area contributed by atoms with Gasteiger partial charge in [-0.05, 0) is 6.92 Å². The quantitative estimate of drug-likeness (QED) is 0.776. The van der Waals surface area contributed by atoms with Gasteiger partial charge < -0.3 is 19.3 Å². The highest BCUT2D eigenvalue weighted by Crippen LogP contribution is 2.11. The van der Waals surface area contributed by atoms with Gasteiger partial charge in [0.1, 0.15) is 5.76 Å². The molecule has 0 aromatic carbocycles. The lowest BCUT2D eigenvalue weighted by molar-refractivity contribution is -0.154. The molecular weight excluding hydrogens is 228 g/mol. The van der Waals surface area contributed by atoms with E-state index in [-0.39, 0.29) is 24.8 Å². The fraction of sp³-hybridized carbons (Fsp3) is 0.500. The van der Waals surface area contributed by atoms with Gasteiger partial charge in [-0.3, -0.25) is 4.79 Å². The molecule has 2 heterocycles. The van der Waals surface area contributed by atoms with Crippen LogP contribution in [0.4, 0.5) is 0 Å². The highest BCUT2D eigenvalue weighted by molar-refractivity contribution is 5.92. The number of morpholine rings is 1. The van der Waals surface area contributed by atoms with Crippen molar-refractivity contribution in [2.75, 3.05) is 19.7 Å². The van der Waals surface area contributed by atoms with Crippen molar-refractivity contribution in [3.8, 4) is 0 Å². The van der Waals surface area contributed by atoms with E-state index in [9.17, 15) is 9.59 Å². The van der Waals surface area contributed by atoms with Gasteiger partial charge >= 0.3 is 5.97 Å². The smallest absolute Gasteiger partial charge is 0.334 e. The number of carboxylic acids is 1. The average molecular weight is 240 g/mol. The Kier molecular flexibility index (Phi) is 3.10. The Labute approximate surface area is 96.9 Å². The molecular formula is C10H12N2O5. The van der Waals surface area contributed by atoms with Crippen LogP contribution >= 0.6 is 0 Å². The van der Waals surface area contributed by atoms with Crippen molar-refractivity contribution >= 4 is 11.9 Å². The van der Waals surface area contributed by atoms with Gasteiger partial charge in [0.2, 0.25) is 0 Å². The van der Waals surface area contributed by atoms with Crippen LogP contribution in [0.1, 0.15) is 16.2 Å². The van der Waals surface area contributed by atoms with Gasteiger partial charge in [0, 0.05) is 12.6 Å². The van der Waals surface area contributed by atoms with Crippen molar-refractivity contribution < 1.29 is 24.0 Å². The molecule has 0 spiro atoms. The van der Waals surface area contributed by atoms with Crippen LogP contribution in [0.3, 0.4) is 0 Å². The number of nitrogens with zero attached hydrogens (tertiary/aromatic N) is 2. The Bertz CT molecular complexity index is 442. The average Bonchev–Trinajstić information content (AvgIpc) is 2.75. The van der Waals surface area contributed by atoms with Gasteiger partial charge in [-0.2, -0.15) is 0 Å². The van der Waals surface area contributed by atoms with Gasteiger partial charge in [-0.15, -0.1) is 0 Å². The molecule has 2 rings (SSSR count). The Morgan fingerprint density at radius 1 is 1.59 bits per heavy atom. The third-order valence-electron chi connectivity index (χ3n) is 2.48. The molecule has 1 saturated heterocycles. The summed E-state index contributed by atoms with van der Waals surface area (Å²) in [5.41, 5.74) is 0.188. The van der Waals surface area contributed by atoms with Crippen LogP contribution < -0.4 is 0 Å². The monoisotopic (exact) mass is 240 g/mol. The van der Waals surface area contributed by atoms with Crippen LogP contribution in [-0.2, 0) is 9.53 Å².